The molecule has 132 valence electrons. The maximum atomic E-state index is 12.4. The lowest BCUT2D eigenvalue weighted by Gasteiger charge is -2.33. The fourth-order valence-electron chi connectivity index (χ4n) is 3.75. The Labute approximate surface area is 140 Å². The van der Waals surface area contributed by atoms with Crippen molar-refractivity contribution >= 4 is 11.8 Å². The summed E-state index contributed by atoms with van der Waals surface area (Å²) < 4.78 is 0. The van der Waals surface area contributed by atoms with Gasteiger partial charge in [0, 0.05) is 37.5 Å². The lowest BCUT2D eigenvalue weighted by atomic mass is 9.94. The van der Waals surface area contributed by atoms with Crippen LogP contribution >= 0.6 is 0 Å². The van der Waals surface area contributed by atoms with Crippen LogP contribution in [0.4, 0.5) is 0 Å². The van der Waals surface area contributed by atoms with Crippen LogP contribution in [0.2, 0.25) is 0 Å². The van der Waals surface area contributed by atoms with E-state index in [1.165, 1.54) is 12.8 Å². The SMILES string of the molecule is CC[C@@H](C)C(=O)N1CCC(C(=O)NC[C@H]2CCCN2CC)CC1. The zero-order valence-corrected chi connectivity index (χ0v) is 15.0. The second-order valence-electron chi connectivity index (χ2n) is 7.08. The van der Waals surface area contributed by atoms with Gasteiger partial charge in [0.25, 0.3) is 0 Å². The molecule has 0 spiro atoms. The van der Waals surface area contributed by atoms with Crippen LogP contribution in [0.1, 0.15) is 52.9 Å². The van der Waals surface area contributed by atoms with E-state index in [1.807, 2.05) is 18.7 Å². The second-order valence-corrected chi connectivity index (χ2v) is 7.08. The summed E-state index contributed by atoms with van der Waals surface area (Å²) in [6, 6.07) is 0.510. The minimum Gasteiger partial charge on any atom is -0.354 e. The molecule has 2 aliphatic rings. The van der Waals surface area contributed by atoms with E-state index in [9.17, 15) is 9.59 Å². The highest BCUT2D eigenvalue weighted by Gasteiger charge is 2.30. The summed E-state index contributed by atoms with van der Waals surface area (Å²) in [7, 11) is 0. The van der Waals surface area contributed by atoms with Gasteiger partial charge in [-0.1, -0.05) is 20.8 Å². The lowest BCUT2D eigenvalue weighted by Crippen LogP contribution is -2.46. The highest BCUT2D eigenvalue weighted by molar-refractivity contribution is 5.80. The summed E-state index contributed by atoms with van der Waals surface area (Å²) in [5.74, 6) is 0.606. The molecule has 2 heterocycles. The molecule has 0 saturated carbocycles. The number of likely N-dealkylation sites (N-methyl/N-ethyl adjacent to an activating group) is 1. The molecular weight excluding hydrogens is 290 g/mol. The van der Waals surface area contributed by atoms with Gasteiger partial charge in [0.1, 0.15) is 0 Å². The van der Waals surface area contributed by atoms with Crippen molar-refractivity contribution in [2.24, 2.45) is 11.8 Å². The van der Waals surface area contributed by atoms with Gasteiger partial charge in [0.15, 0.2) is 0 Å². The van der Waals surface area contributed by atoms with Gasteiger partial charge in [0.05, 0.1) is 0 Å². The standard InChI is InChI=1S/C18H33N3O2/c1-4-14(3)18(23)21-11-8-15(9-12-21)17(22)19-13-16-7-6-10-20(16)5-2/h14-16H,4-13H2,1-3H3,(H,19,22)/t14-,16-/m1/s1. The number of nitrogens with zero attached hydrogens (tertiary/aromatic N) is 2. The number of nitrogens with one attached hydrogen (secondary N) is 1. The van der Waals surface area contributed by atoms with Crippen molar-refractivity contribution in [1.82, 2.24) is 15.1 Å². The third-order valence-corrected chi connectivity index (χ3v) is 5.63. The molecule has 5 nitrogen and oxygen atoms in total. The Hall–Kier alpha value is -1.10. The second kappa shape index (κ2) is 8.67. The number of rotatable bonds is 6. The van der Waals surface area contributed by atoms with E-state index in [0.29, 0.717) is 6.04 Å². The first kappa shape index (κ1) is 18.2. The lowest BCUT2D eigenvalue weighted by molar-refractivity contribution is -0.138. The molecule has 5 heteroatoms. The normalized spacial score (nSPS) is 24.7. The minimum atomic E-state index is 0.0764. The summed E-state index contributed by atoms with van der Waals surface area (Å²) in [5, 5.41) is 3.15. The number of likely N-dealkylation sites (tertiary alicyclic amines) is 2. The van der Waals surface area contributed by atoms with E-state index in [2.05, 4.69) is 17.1 Å². The molecule has 0 aliphatic carbocycles. The van der Waals surface area contributed by atoms with Crippen molar-refractivity contribution in [2.75, 3.05) is 32.7 Å². The van der Waals surface area contributed by atoms with Crippen molar-refractivity contribution in [3.63, 3.8) is 0 Å². The maximum absolute atomic E-state index is 12.4. The van der Waals surface area contributed by atoms with E-state index in [-0.39, 0.29) is 23.7 Å². The number of carbonyl (C=O) groups excluding carboxylic acids is 2. The molecule has 0 radical (unpaired) electrons. The summed E-state index contributed by atoms with van der Waals surface area (Å²) in [5.41, 5.74) is 0. The van der Waals surface area contributed by atoms with Crippen LogP contribution in [0, 0.1) is 11.8 Å². The number of amides is 2. The molecular formula is C18H33N3O2. The molecule has 2 saturated heterocycles. The summed E-state index contributed by atoms with van der Waals surface area (Å²) in [6.07, 6.45) is 4.92. The largest absolute Gasteiger partial charge is 0.354 e. The van der Waals surface area contributed by atoms with Crippen LogP contribution < -0.4 is 5.32 Å². The zero-order valence-electron chi connectivity index (χ0n) is 15.0. The average molecular weight is 323 g/mol. The van der Waals surface area contributed by atoms with Gasteiger partial charge in [0.2, 0.25) is 11.8 Å². The van der Waals surface area contributed by atoms with E-state index >= 15 is 0 Å². The van der Waals surface area contributed by atoms with E-state index < -0.39 is 0 Å². The minimum absolute atomic E-state index is 0.0764. The van der Waals surface area contributed by atoms with Crippen molar-refractivity contribution in [3.8, 4) is 0 Å². The Morgan fingerprint density at radius 3 is 2.43 bits per heavy atom. The summed E-state index contributed by atoms with van der Waals surface area (Å²) >= 11 is 0. The zero-order chi connectivity index (χ0) is 16.8. The van der Waals surface area contributed by atoms with Crippen molar-refractivity contribution in [2.45, 2.75) is 58.9 Å². The van der Waals surface area contributed by atoms with Crippen molar-refractivity contribution < 1.29 is 9.59 Å². The van der Waals surface area contributed by atoms with E-state index in [0.717, 1.165) is 52.0 Å². The highest BCUT2D eigenvalue weighted by Crippen LogP contribution is 2.20. The maximum Gasteiger partial charge on any atom is 0.225 e. The predicted molar refractivity (Wildman–Crippen MR) is 92.0 cm³/mol. The monoisotopic (exact) mass is 323 g/mol. The Kier molecular flexibility index (Phi) is 6.88. The van der Waals surface area contributed by atoms with Crippen LogP contribution in [-0.4, -0.2) is 60.4 Å². The van der Waals surface area contributed by atoms with Gasteiger partial charge >= 0.3 is 0 Å². The Morgan fingerprint density at radius 1 is 1.13 bits per heavy atom. The van der Waals surface area contributed by atoms with Crippen molar-refractivity contribution in [1.29, 1.82) is 0 Å². The first-order valence-corrected chi connectivity index (χ1v) is 9.37. The average Bonchev–Trinajstić information content (AvgIpc) is 3.06. The van der Waals surface area contributed by atoms with Crippen LogP contribution in [0.25, 0.3) is 0 Å². The smallest absolute Gasteiger partial charge is 0.225 e. The predicted octanol–water partition coefficient (Wildman–Crippen LogP) is 1.87. The summed E-state index contributed by atoms with van der Waals surface area (Å²) in [4.78, 5) is 29.0. The first-order chi connectivity index (χ1) is 11.1. The number of carbonyl (C=O) groups is 2. The molecule has 0 aromatic carbocycles. The quantitative estimate of drug-likeness (QED) is 0.812. The molecule has 23 heavy (non-hydrogen) atoms. The van der Waals surface area contributed by atoms with Crippen LogP contribution in [0.5, 0.6) is 0 Å². The Bertz CT molecular complexity index is 405. The number of hydrogen-bond donors (Lipinski definition) is 1. The van der Waals surface area contributed by atoms with Gasteiger partial charge < -0.3 is 10.2 Å². The molecule has 2 rings (SSSR count). The number of piperidine rings is 1. The third kappa shape index (κ3) is 4.69. The van der Waals surface area contributed by atoms with Crippen LogP contribution in [-0.2, 0) is 9.59 Å². The number of hydrogen-bond acceptors (Lipinski definition) is 3. The van der Waals surface area contributed by atoms with E-state index in [4.69, 9.17) is 0 Å². The molecule has 2 amide bonds. The van der Waals surface area contributed by atoms with E-state index in [1.54, 1.807) is 0 Å². The topological polar surface area (TPSA) is 52.7 Å². The molecule has 1 N–H and O–H groups in total. The molecule has 0 bridgehead atoms. The van der Waals surface area contributed by atoms with Crippen LogP contribution in [0.15, 0.2) is 0 Å². The first-order valence-electron chi connectivity index (χ1n) is 9.37. The molecule has 0 unspecified atom stereocenters. The van der Waals surface area contributed by atoms with Gasteiger partial charge in [-0.3, -0.25) is 14.5 Å². The molecule has 2 fully saturated rings. The van der Waals surface area contributed by atoms with Gasteiger partial charge in [-0.25, -0.2) is 0 Å². The fourth-order valence-corrected chi connectivity index (χ4v) is 3.75. The molecule has 2 aliphatic heterocycles. The molecule has 2 atom stereocenters. The Morgan fingerprint density at radius 2 is 1.83 bits per heavy atom. The summed E-state index contributed by atoms with van der Waals surface area (Å²) in [6.45, 7) is 10.7. The molecule has 0 aromatic heterocycles. The Balaban J connectivity index is 1.72. The van der Waals surface area contributed by atoms with Gasteiger partial charge in [-0.2, -0.15) is 0 Å². The highest BCUT2D eigenvalue weighted by atomic mass is 16.2. The van der Waals surface area contributed by atoms with Crippen LogP contribution in [0.3, 0.4) is 0 Å². The van der Waals surface area contributed by atoms with Crippen molar-refractivity contribution in [3.05, 3.63) is 0 Å². The van der Waals surface area contributed by atoms with Gasteiger partial charge in [-0.15, -0.1) is 0 Å². The van der Waals surface area contributed by atoms with Gasteiger partial charge in [-0.05, 0) is 45.2 Å². The molecule has 0 aromatic rings. The fraction of sp³-hybridized carbons (Fsp3) is 0.889. The third-order valence-electron chi connectivity index (χ3n) is 5.63.